The Kier molecular flexibility index (Phi) is 4.81. The molecule has 0 aromatic heterocycles. The summed E-state index contributed by atoms with van der Waals surface area (Å²) in [5, 5.41) is 0. The summed E-state index contributed by atoms with van der Waals surface area (Å²) in [6.07, 6.45) is 18.4. The number of likely N-dealkylation sites (tertiary alicyclic amines) is 1. The van der Waals surface area contributed by atoms with Crippen molar-refractivity contribution in [2.24, 2.45) is 29.6 Å². The van der Waals surface area contributed by atoms with Crippen LogP contribution in [0.2, 0.25) is 0 Å². The quantitative estimate of drug-likeness (QED) is 0.651. The van der Waals surface area contributed by atoms with E-state index >= 15 is 0 Å². The van der Waals surface area contributed by atoms with E-state index in [4.69, 9.17) is 0 Å². The van der Waals surface area contributed by atoms with Gasteiger partial charge < -0.3 is 0 Å². The maximum atomic E-state index is 2.99. The fraction of sp³-hybridized carbons (Fsp3) is 1.00. The first-order chi connectivity index (χ1) is 10.8. The molecule has 1 saturated heterocycles. The van der Waals surface area contributed by atoms with Gasteiger partial charge in [-0.1, -0.05) is 39.0 Å². The number of hydrogen-bond donors (Lipinski definition) is 0. The monoisotopic (exact) mass is 303 g/mol. The molecule has 3 aliphatic carbocycles. The van der Waals surface area contributed by atoms with Crippen LogP contribution in [0.5, 0.6) is 0 Å². The van der Waals surface area contributed by atoms with Crippen molar-refractivity contribution in [1.82, 2.24) is 4.90 Å². The summed E-state index contributed by atoms with van der Waals surface area (Å²) in [6.45, 7) is 5.35. The Morgan fingerprint density at radius 3 is 2.55 bits per heavy atom. The van der Waals surface area contributed by atoms with E-state index in [9.17, 15) is 0 Å². The molecule has 1 nitrogen and oxygen atoms in total. The number of hydrogen-bond acceptors (Lipinski definition) is 1. The Morgan fingerprint density at radius 2 is 1.64 bits per heavy atom. The van der Waals surface area contributed by atoms with Crippen LogP contribution < -0.4 is 0 Å². The standard InChI is InChI=1S/C21H37N/c1-16-6-4-7-17(14-16)15-22-13-5-10-20-19-9-3-2-8-18(19)11-12-21(20)22/h16-21H,2-15H2,1H3. The fourth-order valence-corrected chi connectivity index (χ4v) is 6.88. The third kappa shape index (κ3) is 3.12. The minimum Gasteiger partial charge on any atom is -0.300 e. The summed E-state index contributed by atoms with van der Waals surface area (Å²) >= 11 is 0. The van der Waals surface area contributed by atoms with Crippen molar-refractivity contribution in [3.05, 3.63) is 0 Å². The SMILES string of the molecule is CC1CCCC(CN2CCCC3C4CCCCC4CCC32)C1. The molecule has 126 valence electrons. The summed E-state index contributed by atoms with van der Waals surface area (Å²) in [4.78, 5) is 2.99. The highest BCUT2D eigenvalue weighted by atomic mass is 15.2. The van der Waals surface area contributed by atoms with Crippen LogP contribution >= 0.6 is 0 Å². The van der Waals surface area contributed by atoms with Gasteiger partial charge >= 0.3 is 0 Å². The van der Waals surface area contributed by atoms with Gasteiger partial charge in [0.1, 0.15) is 0 Å². The van der Waals surface area contributed by atoms with Gasteiger partial charge in [-0.3, -0.25) is 4.90 Å². The van der Waals surface area contributed by atoms with Crippen molar-refractivity contribution in [3.63, 3.8) is 0 Å². The zero-order chi connectivity index (χ0) is 14.9. The van der Waals surface area contributed by atoms with Gasteiger partial charge in [0.2, 0.25) is 0 Å². The molecule has 3 saturated carbocycles. The van der Waals surface area contributed by atoms with E-state index in [0.717, 1.165) is 35.6 Å². The van der Waals surface area contributed by atoms with Gasteiger partial charge in [0.05, 0.1) is 0 Å². The molecule has 4 fully saturated rings. The summed E-state index contributed by atoms with van der Waals surface area (Å²) in [7, 11) is 0. The second-order valence-corrected chi connectivity index (χ2v) is 9.29. The first-order valence-electron chi connectivity index (χ1n) is 10.6. The van der Waals surface area contributed by atoms with E-state index in [1.807, 2.05) is 0 Å². The lowest BCUT2D eigenvalue weighted by atomic mass is 9.61. The van der Waals surface area contributed by atoms with Crippen LogP contribution in [0.25, 0.3) is 0 Å². The first kappa shape index (κ1) is 15.5. The molecule has 1 heteroatoms. The molecule has 0 spiro atoms. The lowest BCUT2D eigenvalue weighted by Gasteiger charge is -2.53. The highest BCUT2D eigenvalue weighted by molar-refractivity contribution is 4.96. The predicted octanol–water partition coefficient (Wildman–Crippen LogP) is 5.49. The minimum absolute atomic E-state index is 0.977. The number of rotatable bonds is 2. The molecule has 4 aliphatic rings. The van der Waals surface area contributed by atoms with E-state index in [0.29, 0.717) is 0 Å². The van der Waals surface area contributed by atoms with Crippen LogP contribution in [0.1, 0.15) is 84.0 Å². The summed E-state index contributed by atoms with van der Waals surface area (Å²) in [5.74, 6) is 5.32. The molecule has 0 aromatic rings. The van der Waals surface area contributed by atoms with Crippen molar-refractivity contribution in [3.8, 4) is 0 Å². The van der Waals surface area contributed by atoms with Crippen LogP contribution in [0.15, 0.2) is 0 Å². The molecule has 22 heavy (non-hydrogen) atoms. The third-order valence-electron chi connectivity index (χ3n) is 7.83. The summed E-state index contributed by atoms with van der Waals surface area (Å²) in [6, 6.07) is 0.977. The van der Waals surface area contributed by atoms with Gasteiger partial charge in [0.15, 0.2) is 0 Å². The average Bonchev–Trinajstić information content (AvgIpc) is 2.55. The van der Waals surface area contributed by atoms with E-state index in [1.54, 1.807) is 25.7 Å². The van der Waals surface area contributed by atoms with Gasteiger partial charge in [-0.05, 0) is 81.1 Å². The average molecular weight is 304 g/mol. The highest BCUT2D eigenvalue weighted by Crippen LogP contribution is 2.48. The van der Waals surface area contributed by atoms with Crippen LogP contribution in [-0.2, 0) is 0 Å². The zero-order valence-corrected chi connectivity index (χ0v) is 14.8. The lowest BCUT2D eigenvalue weighted by molar-refractivity contribution is -0.0271. The first-order valence-corrected chi connectivity index (χ1v) is 10.6. The normalized spacial score (nSPS) is 46.8. The molecule has 6 atom stereocenters. The van der Waals surface area contributed by atoms with Gasteiger partial charge in [0, 0.05) is 12.6 Å². The van der Waals surface area contributed by atoms with E-state index in [2.05, 4.69) is 11.8 Å². The Bertz CT molecular complexity index is 365. The van der Waals surface area contributed by atoms with Crippen LogP contribution in [0.3, 0.4) is 0 Å². The number of fused-ring (bicyclic) bond motifs is 3. The number of nitrogens with zero attached hydrogens (tertiary/aromatic N) is 1. The predicted molar refractivity (Wildman–Crippen MR) is 93.9 cm³/mol. The summed E-state index contributed by atoms with van der Waals surface area (Å²) in [5.41, 5.74) is 0. The van der Waals surface area contributed by atoms with Crippen molar-refractivity contribution in [1.29, 1.82) is 0 Å². The van der Waals surface area contributed by atoms with Crippen LogP contribution in [0, 0.1) is 29.6 Å². The van der Waals surface area contributed by atoms with E-state index in [-0.39, 0.29) is 0 Å². The van der Waals surface area contributed by atoms with Crippen molar-refractivity contribution >= 4 is 0 Å². The second-order valence-electron chi connectivity index (χ2n) is 9.29. The van der Waals surface area contributed by atoms with E-state index < -0.39 is 0 Å². The fourth-order valence-electron chi connectivity index (χ4n) is 6.88. The zero-order valence-electron chi connectivity index (χ0n) is 14.8. The molecule has 4 rings (SSSR count). The smallest absolute Gasteiger partial charge is 0.0126 e. The van der Waals surface area contributed by atoms with Gasteiger partial charge in [-0.2, -0.15) is 0 Å². The van der Waals surface area contributed by atoms with Crippen LogP contribution in [0.4, 0.5) is 0 Å². The molecular weight excluding hydrogens is 266 g/mol. The Labute approximate surface area is 138 Å². The van der Waals surface area contributed by atoms with E-state index in [1.165, 1.54) is 64.5 Å². The molecule has 0 amide bonds. The Morgan fingerprint density at radius 1 is 0.773 bits per heavy atom. The molecule has 0 radical (unpaired) electrons. The molecule has 0 N–H and O–H groups in total. The maximum absolute atomic E-state index is 2.99. The van der Waals surface area contributed by atoms with Crippen molar-refractivity contribution in [2.75, 3.05) is 13.1 Å². The van der Waals surface area contributed by atoms with Gasteiger partial charge in [0.25, 0.3) is 0 Å². The molecule has 0 bridgehead atoms. The minimum atomic E-state index is 0.977. The maximum Gasteiger partial charge on any atom is 0.0126 e. The molecule has 6 unspecified atom stereocenters. The molecule has 1 aliphatic heterocycles. The van der Waals surface area contributed by atoms with Gasteiger partial charge in [-0.15, -0.1) is 0 Å². The largest absolute Gasteiger partial charge is 0.300 e. The number of piperidine rings is 1. The highest BCUT2D eigenvalue weighted by Gasteiger charge is 2.44. The Balaban J connectivity index is 1.41. The Hall–Kier alpha value is -0.0400. The van der Waals surface area contributed by atoms with Crippen molar-refractivity contribution in [2.45, 2.75) is 90.0 Å². The lowest BCUT2D eigenvalue weighted by Crippen LogP contribution is -2.53. The van der Waals surface area contributed by atoms with Crippen molar-refractivity contribution < 1.29 is 0 Å². The topological polar surface area (TPSA) is 3.24 Å². The summed E-state index contributed by atoms with van der Waals surface area (Å²) < 4.78 is 0. The molecule has 0 aromatic carbocycles. The molecule has 1 heterocycles. The van der Waals surface area contributed by atoms with Crippen LogP contribution in [-0.4, -0.2) is 24.0 Å². The molecular formula is C21H37N. The van der Waals surface area contributed by atoms with Gasteiger partial charge in [-0.25, -0.2) is 0 Å². The second kappa shape index (κ2) is 6.83. The third-order valence-corrected chi connectivity index (χ3v) is 7.83.